The van der Waals surface area contributed by atoms with Crippen LogP contribution in [0.5, 0.6) is 5.75 Å². The van der Waals surface area contributed by atoms with Crippen LogP contribution in [-0.2, 0) is 11.3 Å². The standard InChI is InChI=1S/C20H23NO3/c1-24-19-13-16(15-7-3-2-4-8-15)10-11-17(19)14-21-12-6-5-9-18(21)20(22)23/h2-4,7-8,10-11,13,18H,5-6,9,12,14H2,1H3,(H,22,23). The molecule has 0 saturated carbocycles. The van der Waals surface area contributed by atoms with E-state index in [2.05, 4.69) is 24.3 Å². The highest BCUT2D eigenvalue weighted by molar-refractivity contribution is 5.73. The molecule has 1 unspecified atom stereocenters. The Hall–Kier alpha value is -2.33. The Labute approximate surface area is 142 Å². The van der Waals surface area contributed by atoms with E-state index in [1.165, 1.54) is 0 Å². The van der Waals surface area contributed by atoms with Crippen LogP contribution in [0.3, 0.4) is 0 Å². The molecule has 1 atom stereocenters. The third kappa shape index (κ3) is 3.60. The van der Waals surface area contributed by atoms with Crippen LogP contribution in [-0.4, -0.2) is 35.7 Å². The van der Waals surface area contributed by atoms with Crippen molar-refractivity contribution in [2.45, 2.75) is 31.8 Å². The number of hydrogen-bond donors (Lipinski definition) is 1. The third-order valence-electron chi connectivity index (χ3n) is 4.67. The fourth-order valence-corrected chi connectivity index (χ4v) is 3.36. The van der Waals surface area contributed by atoms with Crippen molar-refractivity contribution in [1.82, 2.24) is 4.90 Å². The summed E-state index contributed by atoms with van der Waals surface area (Å²) in [5, 5.41) is 9.43. The van der Waals surface area contributed by atoms with Gasteiger partial charge in [-0.3, -0.25) is 9.69 Å². The van der Waals surface area contributed by atoms with Crippen LogP contribution in [0.1, 0.15) is 24.8 Å². The van der Waals surface area contributed by atoms with Crippen molar-refractivity contribution in [2.24, 2.45) is 0 Å². The summed E-state index contributed by atoms with van der Waals surface area (Å²) in [5.74, 6) is 0.0839. The Morgan fingerprint density at radius 1 is 1.17 bits per heavy atom. The molecule has 0 bridgehead atoms. The minimum absolute atomic E-state index is 0.391. The number of rotatable bonds is 5. The van der Waals surface area contributed by atoms with E-state index in [1.54, 1.807) is 7.11 Å². The maximum Gasteiger partial charge on any atom is 0.320 e. The van der Waals surface area contributed by atoms with Gasteiger partial charge < -0.3 is 9.84 Å². The van der Waals surface area contributed by atoms with E-state index in [1.807, 2.05) is 29.2 Å². The van der Waals surface area contributed by atoms with Crippen LogP contribution < -0.4 is 4.74 Å². The number of carboxylic acids is 1. The Balaban J connectivity index is 1.84. The number of nitrogens with zero attached hydrogens (tertiary/aromatic N) is 1. The summed E-state index contributed by atoms with van der Waals surface area (Å²) < 4.78 is 5.57. The second-order valence-corrected chi connectivity index (χ2v) is 6.21. The number of aliphatic carboxylic acids is 1. The molecule has 1 aliphatic rings. The zero-order valence-electron chi connectivity index (χ0n) is 13.9. The maximum atomic E-state index is 11.5. The first-order chi connectivity index (χ1) is 11.7. The minimum Gasteiger partial charge on any atom is -0.496 e. The quantitative estimate of drug-likeness (QED) is 0.908. The van der Waals surface area contributed by atoms with Gasteiger partial charge in [0, 0.05) is 12.1 Å². The van der Waals surface area contributed by atoms with E-state index in [-0.39, 0.29) is 0 Å². The number of carboxylic acid groups (broad SMARTS) is 1. The molecule has 0 radical (unpaired) electrons. The molecule has 0 spiro atoms. The molecule has 1 aliphatic heterocycles. The first-order valence-electron chi connectivity index (χ1n) is 8.38. The average molecular weight is 325 g/mol. The lowest BCUT2D eigenvalue weighted by Gasteiger charge is -2.33. The largest absolute Gasteiger partial charge is 0.496 e. The van der Waals surface area contributed by atoms with Crippen molar-refractivity contribution >= 4 is 5.97 Å². The molecule has 0 amide bonds. The van der Waals surface area contributed by atoms with Gasteiger partial charge in [-0.25, -0.2) is 0 Å². The van der Waals surface area contributed by atoms with Gasteiger partial charge in [0.25, 0.3) is 0 Å². The first kappa shape index (κ1) is 16.5. The van der Waals surface area contributed by atoms with Crippen LogP contribution in [0.15, 0.2) is 48.5 Å². The number of ether oxygens (including phenoxy) is 1. The van der Waals surface area contributed by atoms with Crippen LogP contribution in [0.4, 0.5) is 0 Å². The van der Waals surface area contributed by atoms with E-state index in [0.29, 0.717) is 6.54 Å². The maximum absolute atomic E-state index is 11.5. The molecule has 2 aromatic carbocycles. The molecule has 0 aromatic heterocycles. The highest BCUT2D eigenvalue weighted by Gasteiger charge is 2.28. The number of benzene rings is 2. The molecule has 1 N–H and O–H groups in total. The summed E-state index contributed by atoms with van der Waals surface area (Å²) in [6, 6.07) is 15.9. The van der Waals surface area contributed by atoms with Gasteiger partial charge in [-0.1, -0.05) is 48.9 Å². The summed E-state index contributed by atoms with van der Waals surface area (Å²) in [7, 11) is 1.67. The number of methoxy groups -OCH3 is 1. The summed E-state index contributed by atoms with van der Waals surface area (Å²) in [5.41, 5.74) is 3.28. The molecule has 126 valence electrons. The lowest BCUT2D eigenvalue weighted by Crippen LogP contribution is -2.44. The smallest absolute Gasteiger partial charge is 0.320 e. The number of piperidine rings is 1. The zero-order valence-corrected chi connectivity index (χ0v) is 13.9. The lowest BCUT2D eigenvalue weighted by molar-refractivity contribution is -0.144. The summed E-state index contributed by atoms with van der Waals surface area (Å²) in [4.78, 5) is 13.5. The predicted molar refractivity (Wildman–Crippen MR) is 94.1 cm³/mol. The van der Waals surface area contributed by atoms with Gasteiger partial charge >= 0.3 is 5.97 Å². The Kier molecular flexibility index (Phi) is 5.16. The van der Waals surface area contributed by atoms with Crippen molar-refractivity contribution in [3.63, 3.8) is 0 Å². The molecule has 0 aliphatic carbocycles. The average Bonchev–Trinajstić information content (AvgIpc) is 2.63. The number of carbonyl (C=O) groups is 1. The van der Waals surface area contributed by atoms with Crippen molar-refractivity contribution < 1.29 is 14.6 Å². The van der Waals surface area contributed by atoms with Crippen molar-refractivity contribution in [3.05, 3.63) is 54.1 Å². The van der Waals surface area contributed by atoms with Gasteiger partial charge in [-0.15, -0.1) is 0 Å². The molecule has 1 saturated heterocycles. The Morgan fingerprint density at radius 2 is 1.96 bits per heavy atom. The third-order valence-corrected chi connectivity index (χ3v) is 4.67. The number of likely N-dealkylation sites (tertiary alicyclic amines) is 1. The second kappa shape index (κ2) is 7.49. The molecule has 4 heteroatoms. The van der Waals surface area contributed by atoms with Gasteiger partial charge in [0.15, 0.2) is 0 Å². The SMILES string of the molecule is COc1cc(-c2ccccc2)ccc1CN1CCCCC1C(=O)O. The monoisotopic (exact) mass is 325 g/mol. The van der Waals surface area contributed by atoms with Gasteiger partial charge in [-0.2, -0.15) is 0 Å². The van der Waals surface area contributed by atoms with E-state index in [0.717, 1.165) is 48.2 Å². The summed E-state index contributed by atoms with van der Waals surface area (Å²) in [6.07, 6.45) is 2.76. The molecule has 24 heavy (non-hydrogen) atoms. The van der Waals surface area contributed by atoms with E-state index < -0.39 is 12.0 Å². The Morgan fingerprint density at radius 3 is 2.67 bits per heavy atom. The molecule has 3 rings (SSSR count). The topological polar surface area (TPSA) is 49.8 Å². The summed E-state index contributed by atoms with van der Waals surface area (Å²) >= 11 is 0. The lowest BCUT2D eigenvalue weighted by atomic mass is 9.99. The predicted octanol–water partition coefficient (Wildman–Crippen LogP) is 3.80. The van der Waals surface area contributed by atoms with Gasteiger partial charge in [0.05, 0.1) is 7.11 Å². The van der Waals surface area contributed by atoms with Crippen LogP contribution in [0, 0.1) is 0 Å². The molecule has 1 heterocycles. The van der Waals surface area contributed by atoms with Crippen molar-refractivity contribution in [3.8, 4) is 16.9 Å². The van der Waals surface area contributed by atoms with Gasteiger partial charge in [-0.05, 0) is 36.6 Å². The van der Waals surface area contributed by atoms with E-state index >= 15 is 0 Å². The minimum atomic E-state index is -0.727. The second-order valence-electron chi connectivity index (χ2n) is 6.21. The first-order valence-corrected chi connectivity index (χ1v) is 8.38. The highest BCUT2D eigenvalue weighted by Crippen LogP contribution is 2.29. The normalized spacial score (nSPS) is 18.3. The van der Waals surface area contributed by atoms with Crippen LogP contribution in [0.2, 0.25) is 0 Å². The van der Waals surface area contributed by atoms with Crippen LogP contribution in [0.25, 0.3) is 11.1 Å². The van der Waals surface area contributed by atoms with Crippen molar-refractivity contribution in [1.29, 1.82) is 0 Å². The highest BCUT2D eigenvalue weighted by atomic mass is 16.5. The van der Waals surface area contributed by atoms with Crippen molar-refractivity contribution in [2.75, 3.05) is 13.7 Å². The molecule has 4 nitrogen and oxygen atoms in total. The van der Waals surface area contributed by atoms with E-state index in [4.69, 9.17) is 4.74 Å². The molecule has 1 fully saturated rings. The number of hydrogen-bond acceptors (Lipinski definition) is 3. The Bertz CT molecular complexity index is 699. The molecular weight excluding hydrogens is 302 g/mol. The fourth-order valence-electron chi connectivity index (χ4n) is 3.36. The molecular formula is C20H23NO3. The van der Waals surface area contributed by atoms with Gasteiger partial charge in [0.2, 0.25) is 0 Å². The summed E-state index contributed by atoms with van der Waals surface area (Å²) in [6.45, 7) is 1.43. The fraction of sp³-hybridized carbons (Fsp3) is 0.350. The van der Waals surface area contributed by atoms with Gasteiger partial charge in [0.1, 0.15) is 11.8 Å². The zero-order chi connectivity index (χ0) is 16.9. The van der Waals surface area contributed by atoms with Crippen LogP contribution >= 0.6 is 0 Å². The molecule has 2 aromatic rings. The van der Waals surface area contributed by atoms with E-state index in [9.17, 15) is 9.90 Å².